The number of hydrogen-bond donors (Lipinski definition) is 1. The van der Waals surface area contributed by atoms with E-state index in [1.54, 1.807) is 24.3 Å². The predicted molar refractivity (Wildman–Crippen MR) is 130 cm³/mol. The Morgan fingerprint density at radius 2 is 1.56 bits per heavy atom. The molecule has 0 bridgehead atoms. The lowest BCUT2D eigenvalue weighted by molar-refractivity contribution is 0.0952. The first kappa shape index (κ1) is 25.1. The second kappa shape index (κ2) is 11.0. The topological polar surface area (TPSA) is 113 Å². The van der Waals surface area contributed by atoms with Gasteiger partial charge in [-0.05, 0) is 66.2 Å². The molecule has 0 saturated carbocycles. The molecular weight excluding hydrogens is 528 g/mol. The number of hydrogen-bond acceptors (Lipinski definition) is 8. The Morgan fingerprint density at radius 3 is 2.21 bits per heavy atom. The molecule has 0 radical (unpaired) electrons. The molecule has 11 heteroatoms. The van der Waals surface area contributed by atoms with Crippen LogP contribution in [0.25, 0.3) is 0 Å². The fraction of sp³-hybridized carbons (Fsp3) is 0.130. The third-order valence-corrected chi connectivity index (χ3v) is 6.26. The van der Waals surface area contributed by atoms with Gasteiger partial charge in [0.15, 0.2) is 11.5 Å². The standard InChI is InChI=1S/C23H21BrN2O7S/c1-30-17-6-8-18(9-7-17)34(28,29)33-21-10-4-15(12-22(21)32-3)14-25-26-23(27)19-13-16(24)5-11-20(19)31-2/h4-14H,1-3H3,(H,26,27)/b25-14-. The van der Waals surface area contributed by atoms with E-state index in [0.29, 0.717) is 27.1 Å². The average Bonchev–Trinajstić information content (AvgIpc) is 2.84. The molecule has 3 aromatic carbocycles. The van der Waals surface area contributed by atoms with Crippen molar-refractivity contribution in [2.75, 3.05) is 21.3 Å². The zero-order chi connectivity index (χ0) is 24.7. The van der Waals surface area contributed by atoms with Gasteiger partial charge in [0.05, 0.1) is 33.1 Å². The summed E-state index contributed by atoms with van der Waals surface area (Å²) in [6, 6.07) is 15.3. The molecule has 9 nitrogen and oxygen atoms in total. The summed E-state index contributed by atoms with van der Waals surface area (Å²) < 4.78 is 46.7. The van der Waals surface area contributed by atoms with Gasteiger partial charge in [-0.3, -0.25) is 4.79 Å². The molecule has 34 heavy (non-hydrogen) atoms. The maximum Gasteiger partial charge on any atom is 0.339 e. The Morgan fingerprint density at radius 1 is 0.882 bits per heavy atom. The van der Waals surface area contributed by atoms with Crippen LogP contribution in [-0.4, -0.2) is 41.9 Å². The highest BCUT2D eigenvalue weighted by atomic mass is 79.9. The summed E-state index contributed by atoms with van der Waals surface area (Å²) in [6.45, 7) is 0. The van der Waals surface area contributed by atoms with Crippen LogP contribution in [0.1, 0.15) is 15.9 Å². The van der Waals surface area contributed by atoms with E-state index in [4.69, 9.17) is 18.4 Å². The Balaban J connectivity index is 1.74. The van der Waals surface area contributed by atoms with Crippen LogP contribution in [0.15, 0.2) is 75.1 Å². The lowest BCUT2D eigenvalue weighted by Gasteiger charge is -2.11. The molecule has 0 fully saturated rings. The molecule has 0 saturated heterocycles. The van der Waals surface area contributed by atoms with Crippen molar-refractivity contribution in [1.82, 2.24) is 5.43 Å². The maximum absolute atomic E-state index is 12.6. The summed E-state index contributed by atoms with van der Waals surface area (Å²) in [7, 11) is 0.236. The van der Waals surface area contributed by atoms with E-state index in [2.05, 4.69) is 26.5 Å². The van der Waals surface area contributed by atoms with Gasteiger partial charge in [0, 0.05) is 4.47 Å². The molecule has 0 spiro atoms. The molecule has 0 aromatic heterocycles. The van der Waals surface area contributed by atoms with Crippen molar-refractivity contribution in [3.8, 4) is 23.0 Å². The minimum atomic E-state index is -4.09. The second-order valence-corrected chi connectivity index (χ2v) is 9.13. The molecule has 0 aliphatic rings. The number of benzene rings is 3. The monoisotopic (exact) mass is 548 g/mol. The zero-order valence-corrected chi connectivity index (χ0v) is 20.8. The first-order chi connectivity index (χ1) is 16.3. The highest BCUT2D eigenvalue weighted by Gasteiger charge is 2.19. The third-order valence-electron chi connectivity index (χ3n) is 4.52. The number of nitrogens with one attached hydrogen (secondary N) is 1. The van der Waals surface area contributed by atoms with Gasteiger partial charge >= 0.3 is 10.1 Å². The van der Waals surface area contributed by atoms with Crippen molar-refractivity contribution in [2.45, 2.75) is 4.90 Å². The molecule has 178 valence electrons. The highest BCUT2D eigenvalue weighted by Crippen LogP contribution is 2.31. The number of carbonyl (C=O) groups excluding carboxylic acids is 1. The third kappa shape index (κ3) is 6.06. The molecule has 0 heterocycles. The van der Waals surface area contributed by atoms with Gasteiger partial charge in [0.2, 0.25) is 0 Å². The van der Waals surface area contributed by atoms with Gasteiger partial charge in [-0.2, -0.15) is 13.5 Å². The van der Waals surface area contributed by atoms with Crippen LogP contribution < -0.4 is 23.8 Å². The van der Waals surface area contributed by atoms with E-state index < -0.39 is 16.0 Å². The van der Waals surface area contributed by atoms with Crippen molar-refractivity contribution in [2.24, 2.45) is 5.10 Å². The Kier molecular flexibility index (Phi) is 8.13. The number of amides is 1. The Labute approximate surface area is 205 Å². The molecule has 0 unspecified atom stereocenters. The van der Waals surface area contributed by atoms with Crippen LogP contribution in [-0.2, 0) is 10.1 Å². The summed E-state index contributed by atoms with van der Waals surface area (Å²) in [5.41, 5.74) is 3.26. The molecule has 0 aliphatic heterocycles. The summed E-state index contributed by atoms with van der Waals surface area (Å²) >= 11 is 3.32. The largest absolute Gasteiger partial charge is 0.497 e. The van der Waals surface area contributed by atoms with E-state index >= 15 is 0 Å². The van der Waals surface area contributed by atoms with Crippen LogP contribution in [0.3, 0.4) is 0 Å². The summed E-state index contributed by atoms with van der Waals surface area (Å²) in [5, 5.41) is 3.94. The fourth-order valence-electron chi connectivity index (χ4n) is 2.83. The van der Waals surface area contributed by atoms with Crippen LogP contribution in [0.5, 0.6) is 23.0 Å². The highest BCUT2D eigenvalue weighted by molar-refractivity contribution is 9.10. The van der Waals surface area contributed by atoms with E-state index in [-0.39, 0.29) is 16.4 Å². The van der Waals surface area contributed by atoms with Crippen molar-refractivity contribution in [3.05, 3.63) is 76.3 Å². The summed E-state index contributed by atoms with van der Waals surface area (Å²) in [5.74, 6) is 0.619. The number of rotatable bonds is 9. The molecule has 0 aliphatic carbocycles. The van der Waals surface area contributed by atoms with Crippen LogP contribution in [0.4, 0.5) is 0 Å². The van der Waals surface area contributed by atoms with Gasteiger partial charge in [-0.25, -0.2) is 5.43 Å². The second-order valence-electron chi connectivity index (χ2n) is 6.67. The fourth-order valence-corrected chi connectivity index (χ4v) is 4.13. The van der Waals surface area contributed by atoms with E-state index in [0.717, 1.165) is 0 Å². The van der Waals surface area contributed by atoms with Crippen LogP contribution >= 0.6 is 15.9 Å². The SMILES string of the molecule is COc1ccc(S(=O)(=O)Oc2ccc(/C=N\NC(=O)c3cc(Br)ccc3OC)cc2OC)cc1. The number of methoxy groups -OCH3 is 3. The quantitative estimate of drug-likeness (QED) is 0.244. The van der Waals surface area contributed by atoms with Crippen molar-refractivity contribution < 1.29 is 31.6 Å². The van der Waals surface area contributed by atoms with Gasteiger partial charge in [0.1, 0.15) is 16.4 Å². The van der Waals surface area contributed by atoms with Gasteiger partial charge in [-0.1, -0.05) is 15.9 Å². The number of nitrogens with zero attached hydrogens (tertiary/aromatic N) is 1. The maximum atomic E-state index is 12.6. The van der Waals surface area contributed by atoms with Crippen molar-refractivity contribution >= 4 is 38.2 Å². The van der Waals surface area contributed by atoms with Crippen LogP contribution in [0.2, 0.25) is 0 Å². The van der Waals surface area contributed by atoms with Gasteiger partial charge in [-0.15, -0.1) is 0 Å². The van der Waals surface area contributed by atoms with E-state index in [9.17, 15) is 13.2 Å². The normalized spacial score (nSPS) is 11.2. The van der Waals surface area contributed by atoms with Gasteiger partial charge < -0.3 is 18.4 Å². The summed E-state index contributed by atoms with van der Waals surface area (Å²) in [6.07, 6.45) is 1.38. The minimum absolute atomic E-state index is 0.00150. The van der Waals surface area contributed by atoms with E-state index in [1.165, 1.54) is 63.9 Å². The first-order valence-corrected chi connectivity index (χ1v) is 11.9. The number of halogens is 1. The van der Waals surface area contributed by atoms with Gasteiger partial charge in [0.25, 0.3) is 5.91 Å². The number of hydrazone groups is 1. The predicted octanol–water partition coefficient (Wildman–Crippen LogP) is 4.01. The van der Waals surface area contributed by atoms with Crippen molar-refractivity contribution in [3.63, 3.8) is 0 Å². The average molecular weight is 549 g/mol. The Hall–Kier alpha value is -3.57. The summed E-state index contributed by atoms with van der Waals surface area (Å²) in [4.78, 5) is 12.4. The lowest BCUT2D eigenvalue weighted by atomic mass is 10.2. The minimum Gasteiger partial charge on any atom is -0.497 e. The lowest BCUT2D eigenvalue weighted by Crippen LogP contribution is -2.18. The molecule has 0 atom stereocenters. The molecular formula is C23H21BrN2O7S. The molecule has 3 aromatic rings. The molecule has 3 rings (SSSR count). The number of carbonyl (C=O) groups is 1. The zero-order valence-electron chi connectivity index (χ0n) is 18.4. The smallest absolute Gasteiger partial charge is 0.339 e. The number of ether oxygens (including phenoxy) is 3. The van der Waals surface area contributed by atoms with E-state index in [1.807, 2.05) is 0 Å². The van der Waals surface area contributed by atoms with Crippen LogP contribution in [0, 0.1) is 0 Å². The molecule has 1 N–H and O–H groups in total. The molecule has 1 amide bonds. The Bertz CT molecular complexity index is 1310. The first-order valence-electron chi connectivity index (χ1n) is 9.71. The van der Waals surface area contributed by atoms with Crippen molar-refractivity contribution in [1.29, 1.82) is 0 Å².